The molecule has 4 nitrogen and oxygen atoms in total. The summed E-state index contributed by atoms with van der Waals surface area (Å²) in [5.74, 6) is 0. The Kier molecular flexibility index (Phi) is 6.88. The number of piperidine rings is 1. The highest BCUT2D eigenvalue weighted by Gasteiger charge is 2.38. The van der Waals surface area contributed by atoms with Crippen LogP contribution in [0.1, 0.15) is 50.3 Å². The molecule has 1 amide bonds. The van der Waals surface area contributed by atoms with E-state index in [-0.39, 0.29) is 17.5 Å². The minimum atomic E-state index is -0.829. The normalized spacial score (nSPS) is 19.6. The molecule has 1 aliphatic rings. The quantitative estimate of drug-likeness (QED) is 0.536. The summed E-state index contributed by atoms with van der Waals surface area (Å²) in [4.78, 5) is 13.3. The van der Waals surface area contributed by atoms with Crippen molar-refractivity contribution in [3.63, 3.8) is 0 Å². The first-order valence-corrected chi connectivity index (χ1v) is 11.1. The van der Waals surface area contributed by atoms with Crippen LogP contribution >= 0.6 is 23.2 Å². The van der Waals surface area contributed by atoms with Crippen LogP contribution in [-0.4, -0.2) is 34.7 Å². The van der Waals surface area contributed by atoms with Crippen molar-refractivity contribution in [1.29, 1.82) is 0 Å². The Balaban J connectivity index is 1.82. The second kappa shape index (κ2) is 9.07. The number of likely N-dealkylation sites (tertiary alicyclic amines) is 1. The topological polar surface area (TPSA) is 52.6 Å². The van der Waals surface area contributed by atoms with Gasteiger partial charge in [0.15, 0.2) is 0 Å². The Morgan fingerprint density at radius 3 is 2.57 bits per heavy atom. The molecule has 2 aromatic carbocycles. The van der Waals surface area contributed by atoms with Gasteiger partial charge in [0.2, 0.25) is 0 Å². The molecule has 30 heavy (non-hydrogen) atoms. The van der Waals surface area contributed by atoms with Crippen LogP contribution in [0.5, 0.6) is 0 Å². The molecule has 6 heteroatoms. The third kappa shape index (κ3) is 5.22. The van der Waals surface area contributed by atoms with Crippen molar-refractivity contribution in [2.75, 3.05) is 11.9 Å². The van der Waals surface area contributed by atoms with Crippen LogP contribution in [0.15, 0.2) is 36.4 Å². The number of anilines is 1. The maximum Gasteiger partial charge on any atom is 0.407 e. The number of hydrogen-bond donors (Lipinski definition) is 2. The summed E-state index contributed by atoms with van der Waals surface area (Å²) >= 11 is 12.3. The van der Waals surface area contributed by atoms with Gasteiger partial charge in [-0.15, -0.1) is 0 Å². The second-order valence-corrected chi connectivity index (χ2v) is 10.1. The van der Waals surface area contributed by atoms with E-state index in [1.807, 2.05) is 18.2 Å². The zero-order chi connectivity index (χ0) is 22.1. The summed E-state index contributed by atoms with van der Waals surface area (Å²) in [6, 6.07) is 12.2. The third-order valence-corrected chi connectivity index (χ3v) is 6.72. The van der Waals surface area contributed by atoms with Gasteiger partial charge < -0.3 is 15.3 Å². The maximum atomic E-state index is 11.7. The van der Waals surface area contributed by atoms with Gasteiger partial charge >= 0.3 is 6.09 Å². The van der Waals surface area contributed by atoms with Crippen molar-refractivity contribution in [2.24, 2.45) is 5.41 Å². The zero-order valence-corrected chi connectivity index (χ0v) is 19.5. The molecule has 0 aromatic heterocycles. The van der Waals surface area contributed by atoms with Gasteiger partial charge in [0, 0.05) is 24.3 Å². The van der Waals surface area contributed by atoms with Crippen molar-refractivity contribution in [3.05, 3.63) is 63.1 Å². The van der Waals surface area contributed by atoms with E-state index in [0.29, 0.717) is 16.6 Å². The van der Waals surface area contributed by atoms with Gasteiger partial charge in [-0.05, 0) is 66.5 Å². The van der Waals surface area contributed by atoms with Crippen molar-refractivity contribution < 1.29 is 9.90 Å². The fourth-order valence-corrected chi connectivity index (χ4v) is 4.61. The molecule has 1 saturated heterocycles. The summed E-state index contributed by atoms with van der Waals surface area (Å²) in [7, 11) is 0. The largest absolute Gasteiger partial charge is 0.465 e. The lowest BCUT2D eigenvalue weighted by molar-refractivity contribution is 0.0557. The molecule has 2 N–H and O–H groups in total. The zero-order valence-electron chi connectivity index (χ0n) is 18.0. The van der Waals surface area contributed by atoms with E-state index in [1.54, 1.807) is 4.90 Å². The van der Waals surface area contributed by atoms with Gasteiger partial charge in [-0.3, -0.25) is 0 Å². The van der Waals surface area contributed by atoms with E-state index >= 15 is 0 Å². The van der Waals surface area contributed by atoms with Gasteiger partial charge in [-0.1, -0.05) is 62.2 Å². The lowest BCUT2D eigenvalue weighted by Gasteiger charge is -2.45. The first-order chi connectivity index (χ1) is 14.1. The molecule has 2 unspecified atom stereocenters. The van der Waals surface area contributed by atoms with Gasteiger partial charge in [0.1, 0.15) is 0 Å². The molecule has 162 valence electrons. The van der Waals surface area contributed by atoms with Crippen LogP contribution < -0.4 is 5.32 Å². The van der Waals surface area contributed by atoms with E-state index in [4.69, 9.17) is 23.2 Å². The van der Waals surface area contributed by atoms with Gasteiger partial charge in [0.25, 0.3) is 0 Å². The number of halogens is 2. The van der Waals surface area contributed by atoms with E-state index in [0.717, 1.165) is 30.5 Å². The molecular formula is C24H30Cl2N2O2. The summed E-state index contributed by atoms with van der Waals surface area (Å²) in [5.41, 5.74) is 4.52. The van der Waals surface area contributed by atoms with Crippen LogP contribution in [0, 0.1) is 12.3 Å². The number of benzene rings is 2. The lowest BCUT2D eigenvalue weighted by atomic mass is 9.79. The fourth-order valence-electron chi connectivity index (χ4n) is 4.29. The average molecular weight is 449 g/mol. The smallest absolute Gasteiger partial charge is 0.407 e. The monoisotopic (exact) mass is 448 g/mol. The maximum absolute atomic E-state index is 11.7. The van der Waals surface area contributed by atoms with Gasteiger partial charge in [-0.2, -0.15) is 0 Å². The van der Waals surface area contributed by atoms with Crippen molar-refractivity contribution in [2.45, 2.75) is 59.0 Å². The molecule has 0 saturated carbocycles. The molecule has 0 bridgehead atoms. The first kappa shape index (κ1) is 22.8. The predicted molar refractivity (Wildman–Crippen MR) is 125 cm³/mol. The molecule has 0 radical (unpaired) electrons. The van der Waals surface area contributed by atoms with E-state index < -0.39 is 6.09 Å². The molecule has 1 aliphatic heterocycles. The summed E-state index contributed by atoms with van der Waals surface area (Å²) < 4.78 is 0. The average Bonchev–Trinajstić information content (AvgIpc) is 2.66. The number of carboxylic acid groups (broad SMARTS) is 1. The number of rotatable bonds is 4. The summed E-state index contributed by atoms with van der Waals surface area (Å²) in [6.07, 6.45) is 1.50. The van der Waals surface area contributed by atoms with E-state index in [9.17, 15) is 9.90 Å². The number of hydrogen-bond acceptors (Lipinski definition) is 2. The standard InChI is InChI=1S/C24H30Cl2N2O2/c1-15-6-5-7-21(18(15)12-16-8-9-19(25)20(26)13-16)27-17-10-11-28(23(29)30)22(14-17)24(2,3)4/h5-9,13,17,22,27H,10-12,14H2,1-4H3,(H,29,30). The number of nitrogens with one attached hydrogen (secondary N) is 1. The van der Waals surface area contributed by atoms with Gasteiger partial charge in [0.05, 0.1) is 10.0 Å². The predicted octanol–water partition coefficient (Wildman–Crippen LogP) is 6.86. The Labute approximate surface area is 189 Å². The molecule has 2 aromatic rings. The fraction of sp³-hybridized carbons (Fsp3) is 0.458. The van der Waals surface area contributed by atoms with Crippen molar-refractivity contribution in [3.8, 4) is 0 Å². The number of carbonyl (C=O) groups is 1. The van der Waals surface area contributed by atoms with Gasteiger partial charge in [-0.25, -0.2) is 4.79 Å². The van der Waals surface area contributed by atoms with E-state index in [1.165, 1.54) is 11.1 Å². The molecule has 2 atom stereocenters. The number of aryl methyl sites for hydroxylation is 1. The van der Waals surface area contributed by atoms with E-state index in [2.05, 4.69) is 51.2 Å². The Hall–Kier alpha value is -1.91. The highest BCUT2D eigenvalue weighted by atomic mass is 35.5. The minimum absolute atomic E-state index is 0.0235. The minimum Gasteiger partial charge on any atom is -0.465 e. The number of amides is 1. The summed E-state index contributed by atoms with van der Waals surface area (Å²) in [5, 5.41) is 14.5. The highest BCUT2D eigenvalue weighted by molar-refractivity contribution is 6.42. The molecular weight excluding hydrogens is 419 g/mol. The second-order valence-electron chi connectivity index (χ2n) is 9.25. The van der Waals surface area contributed by atoms with Crippen molar-refractivity contribution in [1.82, 2.24) is 4.90 Å². The Bertz CT molecular complexity index is 924. The molecule has 0 spiro atoms. The van der Waals surface area contributed by atoms with Crippen molar-refractivity contribution >= 4 is 35.0 Å². The van der Waals surface area contributed by atoms with Crippen LogP contribution in [0.3, 0.4) is 0 Å². The highest BCUT2D eigenvalue weighted by Crippen LogP contribution is 2.34. The molecule has 1 heterocycles. The van der Waals surface area contributed by atoms with Crippen LogP contribution in [0.4, 0.5) is 10.5 Å². The SMILES string of the molecule is Cc1cccc(NC2CCN(C(=O)O)C(C(C)(C)C)C2)c1Cc1ccc(Cl)c(Cl)c1. The van der Waals surface area contributed by atoms with Crippen LogP contribution in [0.2, 0.25) is 10.0 Å². The Morgan fingerprint density at radius 2 is 1.93 bits per heavy atom. The third-order valence-electron chi connectivity index (χ3n) is 5.98. The lowest BCUT2D eigenvalue weighted by Crippen LogP contribution is -2.54. The number of nitrogens with zero attached hydrogens (tertiary/aromatic N) is 1. The molecule has 0 aliphatic carbocycles. The van der Waals surface area contributed by atoms with Crippen LogP contribution in [-0.2, 0) is 6.42 Å². The molecule has 3 rings (SSSR count). The first-order valence-electron chi connectivity index (χ1n) is 10.3. The molecule has 1 fully saturated rings. The van der Waals surface area contributed by atoms with Crippen LogP contribution in [0.25, 0.3) is 0 Å². The summed E-state index contributed by atoms with van der Waals surface area (Å²) in [6.45, 7) is 8.99. The Morgan fingerprint density at radius 1 is 1.20 bits per heavy atom.